The highest BCUT2D eigenvalue weighted by atomic mass is 31.2. The largest absolute Gasteiger partial charge is 0.453 e. The summed E-state index contributed by atoms with van der Waals surface area (Å²) in [6.45, 7) is 1.74. The maximum absolute atomic E-state index is 13.4. The molecule has 1 unspecified atom stereocenters. The monoisotopic (exact) mass is 573 g/mol. The summed E-state index contributed by atoms with van der Waals surface area (Å²) in [5, 5.41) is 0. The lowest BCUT2D eigenvalue weighted by molar-refractivity contribution is -0.183. The van der Waals surface area contributed by atoms with Gasteiger partial charge in [0.15, 0.2) is 24.5 Å². The second kappa shape index (κ2) is 13.5. The van der Waals surface area contributed by atoms with E-state index in [1.807, 2.05) is 30.3 Å². The number of ketones is 1. The van der Waals surface area contributed by atoms with Crippen LogP contribution in [0.1, 0.15) is 29.3 Å². The summed E-state index contributed by atoms with van der Waals surface area (Å²) >= 11 is 0. The smallest absolute Gasteiger partial charge is 0.355 e. The van der Waals surface area contributed by atoms with Gasteiger partial charge in [0.1, 0.15) is 12.1 Å². The molecule has 2 aliphatic heterocycles. The van der Waals surface area contributed by atoms with Crippen LogP contribution in [0.4, 0.5) is 0 Å². The first-order valence-electron chi connectivity index (χ1n) is 12.6. The lowest BCUT2D eigenvalue weighted by Gasteiger charge is -2.32. The van der Waals surface area contributed by atoms with Crippen molar-refractivity contribution in [3.05, 3.63) is 83.6 Å². The molecule has 1 saturated heterocycles. The Morgan fingerprint density at radius 1 is 1.02 bits per heavy atom. The molecule has 0 spiro atoms. The molecule has 0 N–H and O–H groups in total. The van der Waals surface area contributed by atoms with Crippen molar-refractivity contribution < 1.29 is 46.9 Å². The molecule has 1 fully saturated rings. The zero-order valence-electron chi connectivity index (χ0n) is 22.5. The third-order valence-corrected chi connectivity index (χ3v) is 8.12. The first-order valence-corrected chi connectivity index (χ1v) is 14.4. The van der Waals surface area contributed by atoms with E-state index in [0.717, 1.165) is 5.56 Å². The number of nitrogens with zero attached hydrogens (tertiary/aromatic N) is 1. The van der Waals surface area contributed by atoms with Crippen LogP contribution in [0.5, 0.6) is 0 Å². The number of ether oxygens (including phenoxy) is 4. The number of carbonyl (C=O) groups excluding carboxylic acids is 3. The molecule has 40 heavy (non-hydrogen) atoms. The number of hydrogen-bond acceptors (Lipinski definition) is 10. The zero-order valence-corrected chi connectivity index (χ0v) is 23.4. The molecule has 4 atom stereocenters. The van der Waals surface area contributed by atoms with Gasteiger partial charge in [-0.25, -0.2) is 4.79 Å². The number of carbonyl (C=O) groups is 3. The Kier molecular flexibility index (Phi) is 10.0. The van der Waals surface area contributed by atoms with E-state index in [2.05, 4.69) is 0 Å². The normalized spacial score (nSPS) is 23.3. The molecule has 0 radical (unpaired) electrons. The maximum Gasteiger partial charge on any atom is 0.355 e. The number of amides is 1. The van der Waals surface area contributed by atoms with Gasteiger partial charge in [0, 0.05) is 32.4 Å². The van der Waals surface area contributed by atoms with Crippen LogP contribution in [0, 0.1) is 5.92 Å². The number of benzene rings is 2. The summed E-state index contributed by atoms with van der Waals surface area (Å²) in [5.74, 6) is -2.54. The molecule has 0 bridgehead atoms. The van der Waals surface area contributed by atoms with Crippen LogP contribution in [-0.2, 0) is 48.8 Å². The number of hydrogen-bond donors (Lipinski definition) is 0. The summed E-state index contributed by atoms with van der Waals surface area (Å²) in [7, 11) is -1.14. The SMILES string of the molecule is COP(=O)(CO[C@H]1O[C@@H](N2C=C(C)C(=O)C(COCc3ccccc3)C2=O)C[C@@H]1OC(=O)c1ccccc1)OC. The highest BCUT2D eigenvalue weighted by Crippen LogP contribution is 2.47. The molecule has 12 heteroatoms. The fourth-order valence-corrected chi connectivity index (χ4v) is 4.99. The molecular formula is C28H32NO10P. The van der Waals surface area contributed by atoms with Gasteiger partial charge < -0.3 is 28.0 Å². The van der Waals surface area contributed by atoms with Crippen molar-refractivity contribution in [2.24, 2.45) is 5.92 Å². The van der Waals surface area contributed by atoms with Crippen molar-refractivity contribution in [3.8, 4) is 0 Å². The standard InChI is InChI=1S/C28H32NO10P/c1-19-15-29(26(31)22(25(19)30)17-36-16-20-10-6-4-7-11-20)24-14-23(38-27(32)21-12-8-5-9-13-21)28(39-24)37-18-40(33,34-2)35-3/h4-13,15,22-24,28H,14,16-18H2,1-3H3/t22?,23-,24+,28-/m0/s1. The van der Waals surface area contributed by atoms with Gasteiger partial charge in [-0.05, 0) is 24.6 Å². The van der Waals surface area contributed by atoms with Gasteiger partial charge in [0.05, 0.1) is 18.8 Å². The minimum absolute atomic E-state index is 0.0365. The molecule has 1 amide bonds. The van der Waals surface area contributed by atoms with Gasteiger partial charge in [-0.1, -0.05) is 48.5 Å². The van der Waals surface area contributed by atoms with E-state index in [-0.39, 0.29) is 25.4 Å². The highest BCUT2D eigenvalue weighted by molar-refractivity contribution is 7.53. The third-order valence-electron chi connectivity index (χ3n) is 6.55. The van der Waals surface area contributed by atoms with Gasteiger partial charge in [-0.15, -0.1) is 0 Å². The fraction of sp³-hybridized carbons (Fsp3) is 0.393. The van der Waals surface area contributed by atoms with Crippen LogP contribution in [-0.4, -0.2) is 68.4 Å². The van der Waals surface area contributed by atoms with Crippen molar-refractivity contribution in [2.75, 3.05) is 27.2 Å². The van der Waals surface area contributed by atoms with Crippen LogP contribution in [0.3, 0.4) is 0 Å². The van der Waals surface area contributed by atoms with Crippen molar-refractivity contribution in [1.29, 1.82) is 0 Å². The lowest BCUT2D eigenvalue weighted by atomic mass is 9.94. The Balaban J connectivity index is 1.48. The summed E-state index contributed by atoms with van der Waals surface area (Å²) in [6.07, 6.45) is -2.12. The van der Waals surface area contributed by atoms with Crippen LogP contribution >= 0.6 is 7.60 Å². The molecule has 0 aromatic heterocycles. The molecule has 2 aromatic carbocycles. The van der Waals surface area contributed by atoms with Crippen molar-refractivity contribution in [1.82, 2.24) is 4.90 Å². The van der Waals surface area contributed by atoms with Crippen LogP contribution in [0.25, 0.3) is 0 Å². The molecule has 11 nitrogen and oxygen atoms in total. The van der Waals surface area contributed by atoms with Crippen molar-refractivity contribution in [3.63, 3.8) is 0 Å². The van der Waals surface area contributed by atoms with E-state index < -0.39 is 50.4 Å². The summed E-state index contributed by atoms with van der Waals surface area (Å²) in [6, 6.07) is 17.8. The average Bonchev–Trinajstić information content (AvgIpc) is 3.38. The summed E-state index contributed by atoms with van der Waals surface area (Å²) in [5.41, 5.74) is 1.58. The summed E-state index contributed by atoms with van der Waals surface area (Å²) < 4.78 is 45.5. The quantitative estimate of drug-likeness (QED) is 0.210. The van der Waals surface area contributed by atoms with Crippen molar-refractivity contribution in [2.45, 2.75) is 38.6 Å². The minimum Gasteiger partial charge on any atom is -0.453 e. The predicted molar refractivity (Wildman–Crippen MR) is 142 cm³/mol. The minimum atomic E-state index is -3.58. The first-order chi connectivity index (χ1) is 19.2. The van der Waals surface area contributed by atoms with E-state index >= 15 is 0 Å². The predicted octanol–water partition coefficient (Wildman–Crippen LogP) is 3.89. The van der Waals surface area contributed by atoms with Gasteiger partial charge in [-0.2, -0.15) is 0 Å². The maximum atomic E-state index is 13.4. The number of esters is 1. The van der Waals surface area contributed by atoms with E-state index in [4.69, 9.17) is 28.0 Å². The molecular weight excluding hydrogens is 541 g/mol. The molecule has 2 heterocycles. The van der Waals surface area contributed by atoms with Crippen LogP contribution in [0.2, 0.25) is 0 Å². The Hall–Kier alpha value is -3.18. The molecule has 214 valence electrons. The van der Waals surface area contributed by atoms with Gasteiger partial charge >= 0.3 is 13.6 Å². The van der Waals surface area contributed by atoms with Crippen molar-refractivity contribution >= 4 is 25.3 Å². The second-order valence-electron chi connectivity index (χ2n) is 9.25. The fourth-order valence-electron chi connectivity index (χ4n) is 4.31. The van der Waals surface area contributed by atoms with Gasteiger partial charge in [0.25, 0.3) is 0 Å². The highest BCUT2D eigenvalue weighted by Gasteiger charge is 2.47. The van der Waals surface area contributed by atoms with Gasteiger partial charge in [-0.3, -0.25) is 19.1 Å². The van der Waals surface area contributed by atoms with E-state index in [1.165, 1.54) is 25.3 Å². The number of rotatable bonds is 12. The molecule has 0 saturated carbocycles. The molecule has 2 aromatic rings. The molecule has 4 rings (SSSR count). The topological polar surface area (TPSA) is 127 Å². The second-order valence-corrected chi connectivity index (χ2v) is 11.5. The number of allylic oxidation sites excluding steroid dienone is 1. The Morgan fingerprint density at radius 3 is 2.33 bits per heavy atom. The Morgan fingerprint density at radius 2 is 1.68 bits per heavy atom. The molecule has 2 aliphatic rings. The van der Waals surface area contributed by atoms with Crippen LogP contribution in [0.15, 0.2) is 72.4 Å². The number of Topliss-reactive ketones (excluding diaryl/α,β-unsaturated/α-hetero) is 1. The van der Waals surface area contributed by atoms with E-state index in [9.17, 15) is 18.9 Å². The van der Waals surface area contributed by atoms with Crippen LogP contribution < -0.4 is 0 Å². The van der Waals surface area contributed by atoms with E-state index in [0.29, 0.717) is 11.1 Å². The zero-order chi connectivity index (χ0) is 28.7. The Bertz CT molecular complexity index is 1260. The van der Waals surface area contributed by atoms with E-state index in [1.54, 1.807) is 37.3 Å². The third kappa shape index (κ3) is 7.11. The molecule has 0 aliphatic carbocycles. The average molecular weight is 574 g/mol. The Labute approximate surface area is 232 Å². The first kappa shape index (κ1) is 29.8. The summed E-state index contributed by atoms with van der Waals surface area (Å²) in [4.78, 5) is 40.4. The van der Waals surface area contributed by atoms with Gasteiger partial charge in [0.2, 0.25) is 5.91 Å². The lowest BCUT2D eigenvalue weighted by Crippen LogP contribution is -2.48.